The van der Waals surface area contributed by atoms with E-state index in [0.717, 1.165) is 12.0 Å². The first-order valence-corrected chi connectivity index (χ1v) is 11.5. The number of nitrogens with zero attached hydrogens (tertiary/aromatic N) is 3. The van der Waals surface area contributed by atoms with Crippen LogP contribution in [0.4, 0.5) is 0 Å². The zero-order chi connectivity index (χ0) is 24.8. The Labute approximate surface area is 204 Å². The number of methoxy groups -OCH3 is 2. The number of pyridine rings is 1. The summed E-state index contributed by atoms with van der Waals surface area (Å²) in [6, 6.07) is 17.4. The lowest BCUT2D eigenvalue weighted by Gasteiger charge is -2.17. The SMILES string of the molecule is C=C(OCC)c1nccc2c(=O)n(Cc3ccc(OC)cc3OC)c(CCc3ccccc3)nc12. The van der Waals surface area contributed by atoms with Crippen LogP contribution in [0.3, 0.4) is 0 Å². The van der Waals surface area contributed by atoms with Gasteiger partial charge in [-0.3, -0.25) is 14.3 Å². The van der Waals surface area contributed by atoms with Gasteiger partial charge in [0.1, 0.15) is 34.3 Å². The van der Waals surface area contributed by atoms with Gasteiger partial charge in [0.2, 0.25) is 0 Å². The molecule has 2 heterocycles. The lowest BCUT2D eigenvalue weighted by Crippen LogP contribution is -2.27. The van der Waals surface area contributed by atoms with Crippen LogP contribution in [0.15, 0.2) is 72.2 Å². The second-order valence-electron chi connectivity index (χ2n) is 7.99. The number of ether oxygens (including phenoxy) is 3. The van der Waals surface area contributed by atoms with Gasteiger partial charge >= 0.3 is 0 Å². The average molecular weight is 472 g/mol. The second-order valence-corrected chi connectivity index (χ2v) is 7.99. The van der Waals surface area contributed by atoms with Crippen LogP contribution in [0.25, 0.3) is 16.7 Å². The Morgan fingerprint density at radius 1 is 1.03 bits per heavy atom. The van der Waals surface area contributed by atoms with Crippen molar-refractivity contribution in [2.24, 2.45) is 0 Å². The molecule has 35 heavy (non-hydrogen) atoms. The molecule has 0 saturated heterocycles. The molecular weight excluding hydrogens is 442 g/mol. The van der Waals surface area contributed by atoms with E-state index in [2.05, 4.69) is 23.7 Å². The van der Waals surface area contributed by atoms with Crippen LogP contribution in [-0.4, -0.2) is 35.4 Å². The van der Waals surface area contributed by atoms with Gasteiger partial charge in [-0.15, -0.1) is 0 Å². The minimum Gasteiger partial charge on any atom is -0.497 e. The molecule has 7 nitrogen and oxygen atoms in total. The summed E-state index contributed by atoms with van der Waals surface area (Å²) in [6.45, 7) is 6.62. The van der Waals surface area contributed by atoms with Gasteiger partial charge in [-0.1, -0.05) is 36.9 Å². The minimum atomic E-state index is -0.149. The summed E-state index contributed by atoms with van der Waals surface area (Å²) in [4.78, 5) is 23.1. The van der Waals surface area contributed by atoms with Crippen LogP contribution < -0.4 is 15.0 Å². The third kappa shape index (κ3) is 5.19. The molecule has 0 fully saturated rings. The van der Waals surface area contributed by atoms with E-state index >= 15 is 0 Å². The maximum Gasteiger partial charge on any atom is 0.261 e. The zero-order valence-electron chi connectivity index (χ0n) is 20.3. The van der Waals surface area contributed by atoms with Crippen molar-refractivity contribution in [3.8, 4) is 11.5 Å². The normalized spacial score (nSPS) is 10.8. The average Bonchev–Trinajstić information content (AvgIpc) is 2.89. The van der Waals surface area contributed by atoms with Gasteiger partial charge in [0.25, 0.3) is 5.56 Å². The number of hydrogen-bond acceptors (Lipinski definition) is 6. The maximum atomic E-state index is 13.8. The van der Waals surface area contributed by atoms with Crippen LogP contribution >= 0.6 is 0 Å². The predicted molar refractivity (Wildman–Crippen MR) is 137 cm³/mol. The number of fused-ring (bicyclic) bond motifs is 1. The van der Waals surface area contributed by atoms with E-state index in [1.807, 2.05) is 43.3 Å². The summed E-state index contributed by atoms with van der Waals surface area (Å²) in [5.74, 6) is 2.38. The molecular formula is C28H29N3O4. The van der Waals surface area contributed by atoms with E-state index in [-0.39, 0.29) is 5.56 Å². The molecule has 4 aromatic rings. The second kappa shape index (κ2) is 10.9. The molecule has 0 saturated carbocycles. The predicted octanol–water partition coefficient (Wildman–Crippen LogP) is 4.65. The quantitative estimate of drug-likeness (QED) is 0.314. The first-order chi connectivity index (χ1) is 17.0. The summed E-state index contributed by atoms with van der Waals surface area (Å²) in [5.41, 5.74) is 2.85. The Balaban J connectivity index is 1.85. The molecule has 2 aromatic heterocycles. The summed E-state index contributed by atoms with van der Waals surface area (Å²) in [5, 5.41) is 0.465. The third-order valence-corrected chi connectivity index (χ3v) is 5.84. The molecule has 0 radical (unpaired) electrons. The van der Waals surface area contributed by atoms with E-state index in [4.69, 9.17) is 19.2 Å². The molecule has 0 N–H and O–H groups in total. The van der Waals surface area contributed by atoms with Gasteiger partial charge in [-0.25, -0.2) is 4.98 Å². The Kier molecular flexibility index (Phi) is 7.45. The van der Waals surface area contributed by atoms with Crippen molar-refractivity contribution < 1.29 is 14.2 Å². The van der Waals surface area contributed by atoms with Crippen LogP contribution in [0, 0.1) is 0 Å². The van der Waals surface area contributed by atoms with Crippen molar-refractivity contribution in [1.82, 2.24) is 14.5 Å². The monoisotopic (exact) mass is 471 g/mol. The topological polar surface area (TPSA) is 75.5 Å². The van der Waals surface area contributed by atoms with Gasteiger partial charge in [0.05, 0.1) is 32.8 Å². The van der Waals surface area contributed by atoms with E-state index in [1.54, 1.807) is 31.0 Å². The van der Waals surface area contributed by atoms with Crippen LogP contribution in [-0.2, 0) is 24.1 Å². The number of aryl methyl sites for hydroxylation is 2. The van der Waals surface area contributed by atoms with E-state index in [0.29, 0.717) is 59.3 Å². The molecule has 0 unspecified atom stereocenters. The molecule has 0 aliphatic rings. The first-order valence-electron chi connectivity index (χ1n) is 11.5. The third-order valence-electron chi connectivity index (χ3n) is 5.84. The number of benzene rings is 2. The van der Waals surface area contributed by atoms with Gasteiger partial charge in [-0.05, 0) is 37.1 Å². The van der Waals surface area contributed by atoms with Gasteiger partial charge in [0.15, 0.2) is 0 Å². The standard InChI is InChI=1S/C28H29N3O4/c1-5-35-19(2)26-27-23(15-16-29-26)28(32)31(18-21-12-13-22(33-3)17-24(21)34-4)25(30-27)14-11-20-9-7-6-8-10-20/h6-10,12-13,15-17H,2,5,11,14,18H2,1,3-4H3. The Bertz CT molecular complexity index is 1400. The van der Waals surface area contributed by atoms with E-state index < -0.39 is 0 Å². The van der Waals surface area contributed by atoms with Crippen molar-refractivity contribution in [3.05, 3.63) is 100 Å². The fourth-order valence-corrected chi connectivity index (χ4v) is 4.05. The highest BCUT2D eigenvalue weighted by Gasteiger charge is 2.18. The van der Waals surface area contributed by atoms with Crippen molar-refractivity contribution in [1.29, 1.82) is 0 Å². The van der Waals surface area contributed by atoms with Crippen molar-refractivity contribution >= 4 is 16.7 Å². The molecule has 0 atom stereocenters. The Morgan fingerprint density at radius 3 is 2.54 bits per heavy atom. The lowest BCUT2D eigenvalue weighted by atomic mass is 10.1. The summed E-state index contributed by atoms with van der Waals surface area (Å²) >= 11 is 0. The van der Waals surface area contributed by atoms with Crippen molar-refractivity contribution in [2.75, 3.05) is 20.8 Å². The van der Waals surface area contributed by atoms with Gasteiger partial charge in [0, 0.05) is 24.2 Å². The molecule has 7 heteroatoms. The van der Waals surface area contributed by atoms with Crippen LogP contribution in [0.5, 0.6) is 11.5 Å². The fraction of sp³-hybridized carbons (Fsp3) is 0.250. The maximum absolute atomic E-state index is 13.8. The first kappa shape index (κ1) is 24.0. The molecule has 0 spiro atoms. The fourth-order valence-electron chi connectivity index (χ4n) is 4.05. The highest BCUT2D eigenvalue weighted by molar-refractivity contribution is 5.86. The van der Waals surface area contributed by atoms with Crippen molar-refractivity contribution in [2.45, 2.75) is 26.3 Å². The molecule has 0 aliphatic heterocycles. The largest absolute Gasteiger partial charge is 0.497 e. The zero-order valence-corrected chi connectivity index (χ0v) is 20.3. The summed E-state index contributed by atoms with van der Waals surface area (Å²) < 4.78 is 18.2. The Morgan fingerprint density at radius 2 is 1.83 bits per heavy atom. The summed E-state index contributed by atoms with van der Waals surface area (Å²) in [7, 11) is 3.21. The van der Waals surface area contributed by atoms with Gasteiger partial charge < -0.3 is 14.2 Å². The highest BCUT2D eigenvalue weighted by Crippen LogP contribution is 2.26. The van der Waals surface area contributed by atoms with Crippen LogP contribution in [0.2, 0.25) is 0 Å². The van der Waals surface area contributed by atoms with E-state index in [1.165, 1.54) is 5.56 Å². The number of aromatic nitrogens is 3. The molecule has 0 bridgehead atoms. The Hall–Kier alpha value is -4.13. The lowest BCUT2D eigenvalue weighted by molar-refractivity contribution is 0.298. The molecule has 0 amide bonds. The smallest absolute Gasteiger partial charge is 0.261 e. The van der Waals surface area contributed by atoms with E-state index in [9.17, 15) is 4.79 Å². The van der Waals surface area contributed by atoms with Crippen molar-refractivity contribution in [3.63, 3.8) is 0 Å². The van der Waals surface area contributed by atoms with Gasteiger partial charge in [-0.2, -0.15) is 0 Å². The minimum absolute atomic E-state index is 0.149. The highest BCUT2D eigenvalue weighted by atomic mass is 16.5. The molecule has 0 aliphatic carbocycles. The number of hydrogen-bond donors (Lipinski definition) is 0. The molecule has 180 valence electrons. The van der Waals surface area contributed by atoms with Crippen LogP contribution in [0.1, 0.15) is 29.6 Å². The summed E-state index contributed by atoms with van der Waals surface area (Å²) in [6.07, 6.45) is 2.90. The number of rotatable bonds is 10. The molecule has 4 rings (SSSR count). The molecule has 2 aromatic carbocycles.